The van der Waals surface area contributed by atoms with Gasteiger partial charge in [-0.25, -0.2) is 0 Å². The number of benzene rings is 1. The summed E-state index contributed by atoms with van der Waals surface area (Å²) in [6.07, 6.45) is -4.79. The Kier molecular flexibility index (Phi) is 4.75. The van der Waals surface area contributed by atoms with Gasteiger partial charge in [-0.1, -0.05) is 6.07 Å². The minimum absolute atomic E-state index is 0.00793. The average Bonchev–Trinajstić information content (AvgIpc) is 2.42. The molecule has 2 unspecified atom stereocenters. The monoisotopic (exact) mass is 304 g/mol. The number of anilines is 1. The summed E-state index contributed by atoms with van der Waals surface area (Å²) < 4.78 is 44.6. The Labute approximate surface area is 121 Å². The first-order valence-corrected chi connectivity index (χ1v) is 6.73. The Morgan fingerprint density at radius 1 is 1.43 bits per heavy atom. The van der Waals surface area contributed by atoms with Gasteiger partial charge in [0, 0.05) is 24.8 Å². The van der Waals surface area contributed by atoms with Gasteiger partial charge in [-0.05, 0) is 24.6 Å². The topological polar surface area (TPSA) is 58.7 Å². The maximum Gasteiger partial charge on any atom is 0.416 e. The largest absolute Gasteiger partial charge is 0.416 e. The molecule has 0 radical (unpaired) electrons. The van der Waals surface area contributed by atoms with Crippen molar-refractivity contribution in [3.8, 4) is 0 Å². The van der Waals surface area contributed by atoms with Crippen LogP contribution in [0, 0.1) is 0 Å². The van der Waals surface area contributed by atoms with Gasteiger partial charge in [0.15, 0.2) is 0 Å². The van der Waals surface area contributed by atoms with E-state index in [9.17, 15) is 13.2 Å². The highest BCUT2D eigenvalue weighted by molar-refractivity contribution is 5.46. The molecule has 0 saturated carbocycles. The minimum Gasteiger partial charge on any atom is -0.399 e. The number of nitrogens with zero attached hydrogens (tertiary/aromatic N) is 1. The van der Waals surface area contributed by atoms with E-state index in [0.717, 1.165) is 6.07 Å². The molecule has 2 rings (SSSR count). The third-order valence-electron chi connectivity index (χ3n) is 3.65. The van der Waals surface area contributed by atoms with Crippen LogP contribution in [0.2, 0.25) is 0 Å². The van der Waals surface area contributed by atoms with Crippen LogP contribution in [0.25, 0.3) is 0 Å². The molecule has 1 aliphatic rings. The van der Waals surface area contributed by atoms with Crippen LogP contribution in [0.5, 0.6) is 0 Å². The second kappa shape index (κ2) is 6.21. The van der Waals surface area contributed by atoms with E-state index in [1.54, 1.807) is 0 Å². The second-order valence-electron chi connectivity index (χ2n) is 5.33. The zero-order chi connectivity index (χ0) is 15.6. The predicted octanol–water partition coefficient (Wildman–Crippen LogP) is 1.87. The summed E-state index contributed by atoms with van der Waals surface area (Å²) in [4.78, 5) is 1.88. The number of nitrogen functional groups attached to an aromatic ring is 1. The number of aliphatic hydroxyl groups excluding tert-OH is 1. The first kappa shape index (κ1) is 16.1. The normalized spacial score (nSPS) is 24.2. The molecule has 4 nitrogen and oxygen atoms in total. The Morgan fingerprint density at radius 3 is 2.76 bits per heavy atom. The van der Waals surface area contributed by atoms with E-state index in [1.807, 2.05) is 11.8 Å². The number of alkyl halides is 3. The lowest BCUT2D eigenvalue weighted by molar-refractivity contribution is -0.139. The van der Waals surface area contributed by atoms with Crippen LogP contribution in [-0.2, 0) is 17.5 Å². The maximum absolute atomic E-state index is 13.1. The SMILES string of the molecule is CC1COC(CO)CN1Cc1ccc(N)cc1C(F)(F)F. The van der Waals surface area contributed by atoms with Gasteiger partial charge in [0.05, 0.1) is 24.9 Å². The molecule has 0 spiro atoms. The van der Waals surface area contributed by atoms with Crippen molar-refractivity contribution in [3.05, 3.63) is 29.3 Å². The number of rotatable bonds is 3. The summed E-state index contributed by atoms with van der Waals surface area (Å²) in [5.74, 6) is 0. The number of morpholine rings is 1. The highest BCUT2D eigenvalue weighted by Gasteiger charge is 2.35. The van der Waals surface area contributed by atoms with E-state index >= 15 is 0 Å². The molecule has 1 fully saturated rings. The summed E-state index contributed by atoms with van der Waals surface area (Å²) in [5.41, 5.74) is 5.03. The quantitative estimate of drug-likeness (QED) is 0.837. The van der Waals surface area contributed by atoms with E-state index in [4.69, 9.17) is 15.6 Å². The summed E-state index contributed by atoms with van der Waals surface area (Å²) in [6.45, 7) is 2.69. The second-order valence-corrected chi connectivity index (χ2v) is 5.33. The highest BCUT2D eigenvalue weighted by atomic mass is 19.4. The van der Waals surface area contributed by atoms with Crippen molar-refractivity contribution in [2.24, 2.45) is 0 Å². The first-order chi connectivity index (χ1) is 9.81. The van der Waals surface area contributed by atoms with E-state index in [-0.39, 0.29) is 36.5 Å². The molecular formula is C14H19F3N2O2. The van der Waals surface area contributed by atoms with Crippen molar-refractivity contribution in [2.45, 2.75) is 31.8 Å². The first-order valence-electron chi connectivity index (χ1n) is 6.73. The maximum atomic E-state index is 13.1. The van der Waals surface area contributed by atoms with E-state index in [2.05, 4.69) is 0 Å². The van der Waals surface area contributed by atoms with Gasteiger partial charge < -0.3 is 15.6 Å². The van der Waals surface area contributed by atoms with E-state index < -0.39 is 11.7 Å². The standard InChI is InChI=1S/C14H19F3N2O2/c1-9-8-21-12(7-20)6-19(9)5-10-2-3-11(18)4-13(10)14(15,16)17/h2-4,9,12,20H,5-8,18H2,1H3. The third-order valence-corrected chi connectivity index (χ3v) is 3.65. The van der Waals surface area contributed by atoms with Crippen LogP contribution in [-0.4, -0.2) is 41.9 Å². The van der Waals surface area contributed by atoms with Gasteiger partial charge in [0.1, 0.15) is 0 Å². The van der Waals surface area contributed by atoms with Crippen molar-refractivity contribution in [2.75, 3.05) is 25.5 Å². The smallest absolute Gasteiger partial charge is 0.399 e. The lowest BCUT2D eigenvalue weighted by Crippen LogP contribution is -2.49. The van der Waals surface area contributed by atoms with Gasteiger partial charge in [-0.3, -0.25) is 4.90 Å². The molecule has 3 N–H and O–H groups in total. The van der Waals surface area contributed by atoms with Gasteiger partial charge >= 0.3 is 6.18 Å². The van der Waals surface area contributed by atoms with Crippen molar-refractivity contribution in [1.29, 1.82) is 0 Å². The predicted molar refractivity (Wildman–Crippen MR) is 72.6 cm³/mol. The molecule has 21 heavy (non-hydrogen) atoms. The van der Waals surface area contributed by atoms with Crippen LogP contribution in [0.15, 0.2) is 18.2 Å². The zero-order valence-corrected chi connectivity index (χ0v) is 11.7. The Bertz CT molecular complexity index is 494. The summed E-state index contributed by atoms with van der Waals surface area (Å²) >= 11 is 0. The molecule has 1 aromatic carbocycles. The molecule has 0 amide bonds. The number of aliphatic hydroxyl groups is 1. The average molecular weight is 304 g/mol. The summed E-state index contributed by atoms with van der Waals surface area (Å²) in [7, 11) is 0. The van der Waals surface area contributed by atoms with Crippen molar-refractivity contribution >= 4 is 5.69 Å². The molecule has 1 aromatic rings. The molecule has 0 aromatic heterocycles. The lowest BCUT2D eigenvalue weighted by Gasteiger charge is -2.37. The molecule has 1 saturated heterocycles. The number of hydrogen-bond acceptors (Lipinski definition) is 4. The third kappa shape index (κ3) is 3.87. The van der Waals surface area contributed by atoms with Crippen molar-refractivity contribution in [3.63, 3.8) is 0 Å². The van der Waals surface area contributed by atoms with Crippen molar-refractivity contribution < 1.29 is 23.0 Å². The zero-order valence-electron chi connectivity index (χ0n) is 11.7. The molecule has 0 bridgehead atoms. The van der Waals surface area contributed by atoms with Gasteiger partial charge in [-0.2, -0.15) is 13.2 Å². The minimum atomic E-state index is -4.43. The Balaban J connectivity index is 2.22. The number of hydrogen-bond donors (Lipinski definition) is 2. The fourth-order valence-corrected chi connectivity index (χ4v) is 2.42. The van der Waals surface area contributed by atoms with Crippen LogP contribution in [0.1, 0.15) is 18.1 Å². The Hall–Kier alpha value is -1.31. The lowest BCUT2D eigenvalue weighted by atomic mass is 10.0. The van der Waals surface area contributed by atoms with E-state index in [1.165, 1.54) is 12.1 Å². The van der Waals surface area contributed by atoms with Crippen LogP contribution in [0.4, 0.5) is 18.9 Å². The number of halogens is 3. The molecule has 1 heterocycles. The van der Waals surface area contributed by atoms with Crippen LogP contribution < -0.4 is 5.73 Å². The molecule has 0 aliphatic carbocycles. The molecule has 7 heteroatoms. The molecular weight excluding hydrogens is 285 g/mol. The van der Waals surface area contributed by atoms with Crippen LogP contribution in [0.3, 0.4) is 0 Å². The van der Waals surface area contributed by atoms with Crippen LogP contribution >= 0.6 is 0 Å². The Morgan fingerprint density at radius 2 is 2.14 bits per heavy atom. The number of nitrogens with two attached hydrogens (primary N) is 1. The van der Waals surface area contributed by atoms with E-state index in [0.29, 0.717) is 13.2 Å². The molecule has 118 valence electrons. The fourth-order valence-electron chi connectivity index (χ4n) is 2.42. The summed E-state index contributed by atoms with van der Waals surface area (Å²) in [5, 5.41) is 9.13. The van der Waals surface area contributed by atoms with Crippen molar-refractivity contribution in [1.82, 2.24) is 4.90 Å². The van der Waals surface area contributed by atoms with Gasteiger partial charge in [0.25, 0.3) is 0 Å². The number of ether oxygens (including phenoxy) is 1. The molecule has 1 aliphatic heterocycles. The summed E-state index contributed by atoms with van der Waals surface area (Å²) in [6, 6.07) is 3.84. The van der Waals surface area contributed by atoms with Gasteiger partial charge in [-0.15, -0.1) is 0 Å². The van der Waals surface area contributed by atoms with Gasteiger partial charge in [0.2, 0.25) is 0 Å². The highest BCUT2D eigenvalue weighted by Crippen LogP contribution is 2.34. The molecule has 2 atom stereocenters. The fraction of sp³-hybridized carbons (Fsp3) is 0.571.